The van der Waals surface area contributed by atoms with Crippen molar-refractivity contribution in [3.05, 3.63) is 54.1 Å². The number of amides is 1. The molecule has 0 bridgehead atoms. The highest BCUT2D eigenvalue weighted by molar-refractivity contribution is 7.93. The first-order valence-electron chi connectivity index (χ1n) is 8.65. The fraction of sp³-hybridized carbons (Fsp3) is 0.316. The summed E-state index contributed by atoms with van der Waals surface area (Å²) in [6.45, 7) is 2.55. The van der Waals surface area contributed by atoms with Gasteiger partial charge in [0.1, 0.15) is 5.75 Å². The van der Waals surface area contributed by atoms with Crippen LogP contribution in [0.2, 0.25) is 0 Å². The van der Waals surface area contributed by atoms with Crippen molar-refractivity contribution in [1.29, 1.82) is 0 Å². The predicted octanol–water partition coefficient (Wildman–Crippen LogP) is 3.63. The molecule has 26 heavy (non-hydrogen) atoms. The van der Waals surface area contributed by atoms with E-state index in [0.717, 1.165) is 6.42 Å². The van der Waals surface area contributed by atoms with Gasteiger partial charge >= 0.3 is 0 Å². The Kier molecular flexibility index (Phi) is 5.46. The van der Waals surface area contributed by atoms with Crippen LogP contribution in [-0.4, -0.2) is 26.2 Å². The molecule has 3 rings (SSSR count). The first-order chi connectivity index (χ1) is 12.5. The SMILES string of the molecule is CCCOc1ccccc1NC(=O)c1ccccc1NS(=O)(=O)C1CC1. The molecule has 1 fully saturated rings. The highest BCUT2D eigenvalue weighted by Gasteiger charge is 2.36. The van der Waals surface area contributed by atoms with Crippen molar-refractivity contribution < 1.29 is 17.9 Å². The number of para-hydroxylation sites is 3. The number of nitrogens with one attached hydrogen (secondary N) is 2. The Bertz CT molecular complexity index is 892. The molecule has 1 aliphatic rings. The second kappa shape index (κ2) is 7.78. The van der Waals surface area contributed by atoms with Crippen LogP contribution in [0, 0.1) is 0 Å². The van der Waals surface area contributed by atoms with Gasteiger partial charge in [-0.1, -0.05) is 31.2 Å². The molecule has 7 heteroatoms. The summed E-state index contributed by atoms with van der Waals surface area (Å²) in [6.07, 6.45) is 2.17. The largest absolute Gasteiger partial charge is 0.491 e. The summed E-state index contributed by atoms with van der Waals surface area (Å²) in [5, 5.41) is 2.45. The second-order valence-corrected chi connectivity index (χ2v) is 8.15. The Morgan fingerprint density at radius 1 is 1.08 bits per heavy atom. The maximum absolute atomic E-state index is 12.7. The molecule has 1 aliphatic carbocycles. The molecule has 0 unspecified atom stereocenters. The lowest BCUT2D eigenvalue weighted by atomic mass is 10.1. The maximum atomic E-state index is 12.7. The Morgan fingerprint density at radius 2 is 1.73 bits per heavy atom. The van der Waals surface area contributed by atoms with E-state index in [2.05, 4.69) is 10.0 Å². The van der Waals surface area contributed by atoms with Gasteiger partial charge in [0.2, 0.25) is 10.0 Å². The third-order valence-corrected chi connectivity index (χ3v) is 5.84. The lowest BCUT2D eigenvalue weighted by molar-refractivity contribution is 0.102. The monoisotopic (exact) mass is 374 g/mol. The van der Waals surface area contributed by atoms with Gasteiger partial charge in [-0.05, 0) is 43.5 Å². The smallest absolute Gasteiger partial charge is 0.257 e. The highest BCUT2D eigenvalue weighted by Crippen LogP contribution is 2.31. The molecule has 0 heterocycles. The van der Waals surface area contributed by atoms with Gasteiger partial charge < -0.3 is 10.1 Å². The molecule has 138 valence electrons. The van der Waals surface area contributed by atoms with Crippen LogP contribution in [0.4, 0.5) is 11.4 Å². The number of sulfonamides is 1. The third kappa shape index (κ3) is 4.35. The Morgan fingerprint density at radius 3 is 2.42 bits per heavy atom. The van der Waals surface area contributed by atoms with Crippen LogP contribution < -0.4 is 14.8 Å². The zero-order valence-corrected chi connectivity index (χ0v) is 15.4. The van der Waals surface area contributed by atoms with E-state index in [1.807, 2.05) is 13.0 Å². The van der Waals surface area contributed by atoms with Crippen LogP contribution >= 0.6 is 0 Å². The summed E-state index contributed by atoms with van der Waals surface area (Å²) < 4.78 is 32.6. The Hall–Kier alpha value is -2.54. The lowest BCUT2D eigenvalue weighted by Gasteiger charge is -2.14. The molecule has 0 spiro atoms. The minimum Gasteiger partial charge on any atom is -0.491 e. The first-order valence-corrected chi connectivity index (χ1v) is 10.2. The zero-order valence-electron chi connectivity index (χ0n) is 14.6. The molecular weight excluding hydrogens is 352 g/mol. The van der Waals surface area contributed by atoms with Crippen LogP contribution in [0.25, 0.3) is 0 Å². The van der Waals surface area contributed by atoms with Crippen LogP contribution in [0.3, 0.4) is 0 Å². The normalized spacial score (nSPS) is 13.9. The van der Waals surface area contributed by atoms with Crippen LogP contribution in [0.5, 0.6) is 5.75 Å². The van der Waals surface area contributed by atoms with Crippen LogP contribution in [-0.2, 0) is 10.0 Å². The van der Waals surface area contributed by atoms with Crippen molar-refractivity contribution in [2.45, 2.75) is 31.4 Å². The molecule has 2 aromatic rings. The molecule has 2 N–H and O–H groups in total. The van der Waals surface area contributed by atoms with Crippen molar-refractivity contribution in [2.75, 3.05) is 16.6 Å². The molecule has 0 radical (unpaired) electrons. The van der Waals surface area contributed by atoms with Crippen molar-refractivity contribution >= 4 is 27.3 Å². The van der Waals surface area contributed by atoms with Gasteiger partial charge in [0, 0.05) is 0 Å². The fourth-order valence-corrected chi connectivity index (χ4v) is 3.89. The van der Waals surface area contributed by atoms with Gasteiger partial charge in [-0.25, -0.2) is 8.42 Å². The average molecular weight is 374 g/mol. The molecule has 6 nitrogen and oxygen atoms in total. The van der Waals surface area contributed by atoms with Gasteiger partial charge in [-0.3, -0.25) is 9.52 Å². The van der Waals surface area contributed by atoms with Crippen molar-refractivity contribution in [1.82, 2.24) is 0 Å². The van der Waals surface area contributed by atoms with Gasteiger partial charge in [0.15, 0.2) is 0 Å². The summed E-state index contributed by atoms with van der Waals surface area (Å²) in [4.78, 5) is 12.7. The van der Waals surface area contributed by atoms with Crippen molar-refractivity contribution in [3.8, 4) is 5.75 Å². The standard InChI is InChI=1S/C19H22N2O4S/c1-2-13-25-18-10-6-5-9-17(18)20-19(22)15-7-3-4-8-16(15)21-26(23,24)14-11-12-14/h3-10,14,21H,2,11-13H2,1H3,(H,20,22). The fourth-order valence-electron chi connectivity index (χ4n) is 2.48. The van der Waals surface area contributed by atoms with Gasteiger partial charge in [-0.15, -0.1) is 0 Å². The van der Waals surface area contributed by atoms with Crippen molar-refractivity contribution in [3.63, 3.8) is 0 Å². The topological polar surface area (TPSA) is 84.5 Å². The number of ether oxygens (including phenoxy) is 1. The number of hydrogen-bond acceptors (Lipinski definition) is 4. The minimum absolute atomic E-state index is 0.266. The lowest BCUT2D eigenvalue weighted by Crippen LogP contribution is -2.21. The molecule has 2 aromatic carbocycles. The summed E-state index contributed by atoms with van der Waals surface area (Å²) in [6, 6.07) is 13.7. The van der Waals surface area contributed by atoms with E-state index in [4.69, 9.17) is 4.74 Å². The second-order valence-electron chi connectivity index (χ2n) is 6.19. The number of anilines is 2. The Balaban J connectivity index is 1.81. The Labute approximate surface area is 153 Å². The highest BCUT2D eigenvalue weighted by atomic mass is 32.2. The zero-order chi connectivity index (χ0) is 18.6. The van der Waals surface area contributed by atoms with E-state index in [9.17, 15) is 13.2 Å². The van der Waals surface area contributed by atoms with E-state index in [-0.39, 0.29) is 16.5 Å². The third-order valence-electron chi connectivity index (χ3n) is 3.98. The van der Waals surface area contributed by atoms with E-state index in [1.54, 1.807) is 42.5 Å². The molecule has 0 atom stereocenters. The molecule has 0 aliphatic heterocycles. The molecule has 1 saturated carbocycles. The van der Waals surface area contributed by atoms with Crippen LogP contribution in [0.15, 0.2) is 48.5 Å². The van der Waals surface area contributed by atoms with Gasteiger partial charge in [0.25, 0.3) is 5.91 Å². The van der Waals surface area contributed by atoms with Gasteiger partial charge in [-0.2, -0.15) is 0 Å². The van der Waals surface area contributed by atoms with Crippen LogP contribution in [0.1, 0.15) is 36.5 Å². The summed E-state index contributed by atoms with van der Waals surface area (Å²) in [7, 11) is -3.44. The molecule has 0 aromatic heterocycles. The average Bonchev–Trinajstić information content (AvgIpc) is 3.47. The quantitative estimate of drug-likeness (QED) is 0.739. The van der Waals surface area contributed by atoms with E-state index < -0.39 is 15.9 Å². The number of rotatable bonds is 8. The summed E-state index contributed by atoms with van der Waals surface area (Å²) >= 11 is 0. The predicted molar refractivity (Wildman–Crippen MR) is 102 cm³/mol. The molecule has 1 amide bonds. The summed E-state index contributed by atoms with van der Waals surface area (Å²) in [5.74, 6) is 0.186. The number of benzene rings is 2. The minimum atomic E-state index is -3.44. The number of carbonyl (C=O) groups excluding carboxylic acids is 1. The molecule has 0 saturated heterocycles. The van der Waals surface area contributed by atoms with E-state index in [1.165, 1.54) is 0 Å². The van der Waals surface area contributed by atoms with E-state index >= 15 is 0 Å². The number of hydrogen-bond donors (Lipinski definition) is 2. The first kappa shape index (κ1) is 18.3. The molecular formula is C19H22N2O4S. The van der Waals surface area contributed by atoms with E-state index in [0.29, 0.717) is 30.9 Å². The summed E-state index contributed by atoms with van der Waals surface area (Å²) in [5.41, 5.74) is 1.09. The van der Waals surface area contributed by atoms with Gasteiger partial charge in [0.05, 0.1) is 28.8 Å². The number of carbonyl (C=O) groups is 1. The van der Waals surface area contributed by atoms with Crippen molar-refractivity contribution in [2.24, 2.45) is 0 Å². The maximum Gasteiger partial charge on any atom is 0.257 e.